The predicted octanol–water partition coefficient (Wildman–Crippen LogP) is 24.0. The standard InChI is InChI=1S/C83H150O17P2/c1-5-9-13-17-21-25-29-33-37-38-42-46-50-54-58-62-66-70-83(88)100-79(74-94-81(86)68-64-60-56-52-48-44-40-35-31-27-23-19-15-11-7-3)76-98-102(91,92)96-72-77(84)71-95-101(89,90)97-75-78(99-82(87)69-65-61-57-53-49-45-41-36-32-28-24-20-16-12-8-4)73-93-80(85)67-63-59-55-51-47-43-39-34-30-26-22-18-14-10-6-2/h21,23,25,27,33,35,37,40,42,46,54,58,77-79,84H,5-20,22,24,26,28-32,34,36,38-39,41,43-45,47-53,55-57,59-76H2,1-4H3,(H,89,90)(H,91,92)/b25-21-,27-23-,37-33-,40-35-,46-42-,58-54-/t77-,78-,79-/m1/s1. The van der Waals surface area contributed by atoms with E-state index in [1.165, 1.54) is 173 Å². The van der Waals surface area contributed by atoms with Crippen molar-refractivity contribution < 1.29 is 80.2 Å². The Hall–Kier alpha value is -3.50. The summed E-state index contributed by atoms with van der Waals surface area (Å²) in [5.74, 6) is -2.22. The quantitative estimate of drug-likeness (QED) is 0.0169. The fourth-order valence-electron chi connectivity index (χ4n) is 11.4. The van der Waals surface area contributed by atoms with E-state index in [4.69, 9.17) is 37.0 Å². The van der Waals surface area contributed by atoms with Crippen LogP contribution in [0.5, 0.6) is 0 Å². The molecule has 5 atom stereocenters. The lowest BCUT2D eigenvalue weighted by Crippen LogP contribution is -2.30. The number of hydrogen-bond donors (Lipinski definition) is 3. The van der Waals surface area contributed by atoms with E-state index in [1.54, 1.807) is 0 Å². The number of rotatable bonds is 78. The van der Waals surface area contributed by atoms with Gasteiger partial charge in [-0.3, -0.25) is 37.3 Å². The molecule has 0 saturated heterocycles. The van der Waals surface area contributed by atoms with Gasteiger partial charge in [0.15, 0.2) is 12.2 Å². The van der Waals surface area contributed by atoms with Crippen LogP contribution in [0.3, 0.4) is 0 Å². The zero-order chi connectivity index (χ0) is 74.6. The summed E-state index contributed by atoms with van der Waals surface area (Å²) in [6.45, 7) is 4.83. The van der Waals surface area contributed by atoms with Crippen molar-refractivity contribution in [1.82, 2.24) is 0 Å². The molecule has 19 heteroatoms. The second kappa shape index (κ2) is 75.7. The van der Waals surface area contributed by atoms with Crippen LogP contribution in [0.1, 0.15) is 374 Å². The lowest BCUT2D eigenvalue weighted by atomic mass is 10.0. The number of aliphatic hydroxyl groups is 1. The zero-order valence-electron chi connectivity index (χ0n) is 65.0. The van der Waals surface area contributed by atoms with Gasteiger partial charge in [0.2, 0.25) is 0 Å². The maximum atomic E-state index is 13.1. The summed E-state index contributed by atoms with van der Waals surface area (Å²) in [7, 11) is -9.96. The number of allylic oxidation sites excluding steroid dienone is 12. The highest BCUT2D eigenvalue weighted by molar-refractivity contribution is 7.47. The molecule has 594 valence electrons. The molecular weight excluding hydrogens is 1330 g/mol. The Kier molecular flexibility index (Phi) is 73.1. The number of hydrogen-bond acceptors (Lipinski definition) is 15. The van der Waals surface area contributed by atoms with Crippen LogP contribution in [0.4, 0.5) is 0 Å². The van der Waals surface area contributed by atoms with Crippen molar-refractivity contribution >= 4 is 39.5 Å². The second-order valence-corrected chi connectivity index (χ2v) is 30.6. The van der Waals surface area contributed by atoms with Crippen LogP contribution in [-0.2, 0) is 65.4 Å². The third-order valence-corrected chi connectivity index (χ3v) is 19.6. The molecule has 0 radical (unpaired) electrons. The first kappa shape index (κ1) is 98.5. The molecule has 2 unspecified atom stereocenters. The van der Waals surface area contributed by atoms with Gasteiger partial charge in [0, 0.05) is 25.7 Å². The molecule has 0 aromatic rings. The smallest absolute Gasteiger partial charge is 0.462 e. The molecule has 0 heterocycles. The first-order chi connectivity index (χ1) is 49.7. The number of aliphatic hydroxyl groups excluding tert-OH is 1. The highest BCUT2D eigenvalue weighted by atomic mass is 31.2. The van der Waals surface area contributed by atoms with E-state index in [0.29, 0.717) is 32.1 Å². The van der Waals surface area contributed by atoms with E-state index in [0.717, 1.165) is 116 Å². The minimum absolute atomic E-state index is 0.0186. The summed E-state index contributed by atoms with van der Waals surface area (Å²) >= 11 is 0. The molecule has 3 N–H and O–H groups in total. The van der Waals surface area contributed by atoms with Gasteiger partial charge in [-0.05, 0) is 96.3 Å². The normalized spacial score (nSPS) is 14.2. The molecular formula is C83H150O17P2. The third kappa shape index (κ3) is 74.8. The monoisotopic (exact) mass is 1480 g/mol. The lowest BCUT2D eigenvalue weighted by molar-refractivity contribution is -0.161. The highest BCUT2D eigenvalue weighted by Crippen LogP contribution is 2.45. The van der Waals surface area contributed by atoms with Crippen molar-refractivity contribution in [3.63, 3.8) is 0 Å². The summed E-state index contributed by atoms with van der Waals surface area (Å²) < 4.78 is 68.6. The Labute approximate surface area is 622 Å². The molecule has 0 aromatic carbocycles. The minimum Gasteiger partial charge on any atom is -0.462 e. The zero-order valence-corrected chi connectivity index (χ0v) is 66.8. The number of phosphoric acid groups is 2. The molecule has 0 aliphatic carbocycles. The fraction of sp³-hybridized carbons (Fsp3) is 0.807. The van der Waals surface area contributed by atoms with E-state index in [9.17, 15) is 43.2 Å². The van der Waals surface area contributed by atoms with Crippen molar-refractivity contribution in [3.8, 4) is 0 Å². The molecule has 0 spiro atoms. The van der Waals surface area contributed by atoms with Gasteiger partial charge in [-0.1, -0.05) is 325 Å². The van der Waals surface area contributed by atoms with Crippen molar-refractivity contribution in [1.29, 1.82) is 0 Å². The van der Waals surface area contributed by atoms with Gasteiger partial charge in [0.1, 0.15) is 19.3 Å². The molecule has 0 aliphatic heterocycles. The summed E-state index contributed by atoms with van der Waals surface area (Å²) in [4.78, 5) is 73.0. The average Bonchev–Trinajstić information content (AvgIpc) is 0.917. The fourth-order valence-corrected chi connectivity index (χ4v) is 12.9. The van der Waals surface area contributed by atoms with Crippen molar-refractivity contribution in [2.45, 2.75) is 393 Å². The van der Waals surface area contributed by atoms with Gasteiger partial charge in [-0.2, -0.15) is 0 Å². The van der Waals surface area contributed by atoms with Crippen LogP contribution in [-0.4, -0.2) is 96.7 Å². The summed E-state index contributed by atoms with van der Waals surface area (Å²) in [6, 6.07) is 0. The number of carbonyl (C=O) groups is 4. The molecule has 0 rings (SSSR count). The largest absolute Gasteiger partial charge is 0.472 e. The van der Waals surface area contributed by atoms with Crippen LogP contribution >= 0.6 is 15.6 Å². The molecule has 0 saturated carbocycles. The van der Waals surface area contributed by atoms with E-state index >= 15 is 0 Å². The maximum Gasteiger partial charge on any atom is 0.472 e. The highest BCUT2D eigenvalue weighted by Gasteiger charge is 2.30. The van der Waals surface area contributed by atoms with Crippen LogP contribution in [0.25, 0.3) is 0 Å². The van der Waals surface area contributed by atoms with Crippen LogP contribution in [0.15, 0.2) is 72.9 Å². The SMILES string of the molecule is CCCCC/C=C\C/C=C\C/C=C\C/C=C\CCCC(=O)O[C@H](COC(=O)CCCCCCC/C=C\C/C=C\CCCCC)COP(=O)(O)OC[C@H](O)COP(=O)(O)OC[C@@H](COC(=O)CCCCCCCCCCCCCCCCC)OC(=O)CCCCCCCCCCCCCCCCC. The number of ether oxygens (including phenoxy) is 4. The summed E-state index contributed by atoms with van der Waals surface area (Å²) in [6.07, 6.45) is 77.3. The summed E-state index contributed by atoms with van der Waals surface area (Å²) in [5, 5.41) is 10.6. The van der Waals surface area contributed by atoms with Gasteiger partial charge in [-0.25, -0.2) is 9.13 Å². The number of esters is 4. The van der Waals surface area contributed by atoms with E-state index in [1.807, 2.05) is 12.2 Å². The van der Waals surface area contributed by atoms with Crippen molar-refractivity contribution in [3.05, 3.63) is 72.9 Å². The Morgan fingerprint density at radius 1 is 0.275 bits per heavy atom. The molecule has 0 amide bonds. The Bertz CT molecular complexity index is 2210. The molecule has 102 heavy (non-hydrogen) atoms. The molecule has 0 bridgehead atoms. The Balaban J connectivity index is 5.39. The molecule has 0 aliphatic rings. The van der Waals surface area contributed by atoms with Gasteiger partial charge in [0.25, 0.3) is 0 Å². The summed E-state index contributed by atoms with van der Waals surface area (Å²) in [5.41, 5.74) is 0. The van der Waals surface area contributed by atoms with Crippen molar-refractivity contribution in [2.75, 3.05) is 39.6 Å². The van der Waals surface area contributed by atoms with Gasteiger partial charge < -0.3 is 33.8 Å². The van der Waals surface area contributed by atoms with Gasteiger partial charge in [-0.15, -0.1) is 0 Å². The first-order valence-corrected chi connectivity index (χ1v) is 44.2. The topological polar surface area (TPSA) is 237 Å². The van der Waals surface area contributed by atoms with Gasteiger partial charge >= 0.3 is 39.5 Å². The second-order valence-electron chi connectivity index (χ2n) is 27.7. The Morgan fingerprint density at radius 3 is 0.794 bits per heavy atom. The lowest BCUT2D eigenvalue weighted by Gasteiger charge is -2.21. The third-order valence-electron chi connectivity index (χ3n) is 17.7. The number of unbranched alkanes of at least 4 members (excludes halogenated alkanes) is 40. The van der Waals surface area contributed by atoms with E-state index in [-0.39, 0.29) is 25.7 Å². The molecule has 17 nitrogen and oxygen atoms in total. The van der Waals surface area contributed by atoms with Crippen LogP contribution < -0.4 is 0 Å². The Morgan fingerprint density at radius 2 is 0.490 bits per heavy atom. The minimum atomic E-state index is -4.99. The van der Waals surface area contributed by atoms with Crippen LogP contribution in [0.2, 0.25) is 0 Å². The van der Waals surface area contributed by atoms with Crippen molar-refractivity contribution in [2.24, 2.45) is 0 Å². The van der Waals surface area contributed by atoms with E-state index < -0.39 is 97.5 Å². The first-order valence-electron chi connectivity index (χ1n) is 41.2. The number of phosphoric ester groups is 2. The average molecular weight is 1480 g/mol. The molecule has 0 fully saturated rings. The van der Waals surface area contributed by atoms with Gasteiger partial charge in [0.05, 0.1) is 26.4 Å². The number of carbonyl (C=O) groups excluding carboxylic acids is 4. The van der Waals surface area contributed by atoms with Crippen LogP contribution in [0, 0.1) is 0 Å². The molecule has 0 aromatic heterocycles. The van der Waals surface area contributed by atoms with E-state index in [2.05, 4.69) is 88.5 Å². The predicted molar refractivity (Wildman–Crippen MR) is 418 cm³/mol. The maximum absolute atomic E-state index is 13.1.